The van der Waals surface area contributed by atoms with E-state index in [0.717, 1.165) is 42.4 Å². The van der Waals surface area contributed by atoms with Crippen molar-refractivity contribution in [3.63, 3.8) is 0 Å². The first-order chi connectivity index (χ1) is 15.9. The molecular formula is C24H28Cl2N6O. The molecule has 0 unspecified atom stereocenters. The van der Waals surface area contributed by atoms with Gasteiger partial charge in [-0.25, -0.2) is 9.78 Å². The fourth-order valence-electron chi connectivity index (χ4n) is 4.16. The summed E-state index contributed by atoms with van der Waals surface area (Å²) >= 11 is 12.1. The molecule has 3 aromatic rings. The van der Waals surface area contributed by atoms with Gasteiger partial charge in [0.15, 0.2) is 0 Å². The summed E-state index contributed by atoms with van der Waals surface area (Å²) in [6, 6.07) is 13.3. The van der Waals surface area contributed by atoms with E-state index in [9.17, 15) is 4.79 Å². The molecular weight excluding hydrogens is 459 g/mol. The molecule has 0 saturated heterocycles. The highest BCUT2D eigenvalue weighted by atomic mass is 35.5. The minimum absolute atomic E-state index is 0.278. The number of hydrogen-bond donors (Lipinski definition) is 3. The van der Waals surface area contributed by atoms with Gasteiger partial charge in [0.25, 0.3) is 0 Å². The van der Waals surface area contributed by atoms with Gasteiger partial charge in [-0.2, -0.15) is 4.98 Å². The molecule has 33 heavy (non-hydrogen) atoms. The van der Waals surface area contributed by atoms with Gasteiger partial charge >= 0.3 is 6.03 Å². The highest BCUT2D eigenvalue weighted by molar-refractivity contribution is 6.43. The zero-order chi connectivity index (χ0) is 23.4. The lowest BCUT2D eigenvalue weighted by Gasteiger charge is -2.29. The van der Waals surface area contributed by atoms with Crippen molar-refractivity contribution in [3.8, 4) is 0 Å². The number of urea groups is 1. The number of halogens is 2. The van der Waals surface area contributed by atoms with Crippen LogP contribution in [0, 0.1) is 5.92 Å². The molecule has 4 rings (SSSR count). The van der Waals surface area contributed by atoms with Gasteiger partial charge in [0.2, 0.25) is 5.95 Å². The van der Waals surface area contributed by atoms with Crippen LogP contribution in [0.2, 0.25) is 10.0 Å². The van der Waals surface area contributed by atoms with E-state index < -0.39 is 0 Å². The van der Waals surface area contributed by atoms with E-state index in [0.29, 0.717) is 40.2 Å². The third-order valence-electron chi connectivity index (χ3n) is 5.94. The molecule has 0 atom stereocenters. The Morgan fingerprint density at radius 3 is 2.55 bits per heavy atom. The Morgan fingerprint density at radius 1 is 1.03 bits per heavy atom. The second-order valence-corrected chi connectivity index (χ2v) is 9.37. The van der Waals surface area contributed by atoms with Crippen LogP contribution in [0.25, 0.3) is 10.9 Å². The summed E-state index contributed by atoms with van der Waals surface area (Å²) in [7, 11) is 3.99. The van der Waals surface area contributed by atoms with Crippen molar-refractivity contribution in [1.29, 1.82) is 0 Å². The van der Waals surface area contributed by atoms with Crippen LogP contribution >= 0.6 is 23.2 Å². The van der Waals surface area contributed by atoms with Gasteiger partial charge in [0.05, 0.1) is 21.2 Å². The average molecular weight is 487 g/mol. The monoisotopic (exact) mass is 486 g/mol. The smallest absolute Gasteiger partial charge is 0.319 e. The Morgan fingerprint density at radius 2 is 1.79 bits per heavy atom. The number of hydrogen-bond acceptors (Lipinski definition) is 5. The summed E-state index contributed by atoms with van der Waals surface area (Å²) in [6.45, 7) is 0.619. The molecule has 1 fully saturated rings. The Hall–Kier alpha value is -2.77. The number of anilines is 3. The first-order valence-corrected chi connectivity index (χ1v) is 11.9. The SMILES string of the molecule is CN(C)c1nc(NC2CCC(CNC(=O)Nc3cccc(Cl)c3Cl)CC2)nc2ccccc12. The molecule has 7 nitrogen and oxygen atoms in total. The molecule has 0 spiro atoms. The van der Waals surface area contributed by atoms with Gasteiger partial charge < -0.3 is 20.9 Å². The van der Waals surface area contributed by atoms with Crippen molar-refractivity contribution in [2.75, 3.05) is 36.2 Å². The van der Waals surface area contributed by atoms with Gasteiger partial charge in [-0.3, -0.25) is 0 Å². The fourth-order valence-corrected chi connectivity index (χ4v) is 4.51. The van der Waals surface area contributed by atoms with Crippen LogP contribution in [0.4, 0.5) is 22.2 Å². The highest BCUT2D eigenvalue weighted by Crippen LogP contribution is 2.30. The largest absolute Gasteiger partial charge is 0.362 e. The summed E-state index contributed by atoms with van der Waals surface area (Å²) in [5.41, 5.74) is 1.43. The molecule has 1 aromatic heterocycles. The van der Waals surface area contributed by atoms with E-state index in [-0.39, 0.29) is 6.03 Å². The summed E-state index contributed by atoms with van der Waals surface area (Å²) < 4.78 is 0. The quantitative estimate of drug-likeness (QED) is 0.410. The molecule has 9 heteroatoms. The van der Waals surface area contributed by atoms with Crippen LogP contribution in [0.1, 0.15) is 25.7 Å². The second kappa shape index (κ2) is 10.4. The number of rotatable bonds is 6. The lowest BCUT2D eigenvalue weighted by molar-refractivity contribution is 0.246. The Balaban J connectivity index is 1.28. The molecule has 1 heterocycles. The number of carbonyl (C=O) groups is 1. The predicted octanol–water partition coefficient (Wildman–Crippen LogP) is 5.80. The number of aromatic nitrogens is 2. The average Bonchev–Trinajstić information content (AvgIpc) is 2.81. The first-order valence-electron chi connectivity index (χ1n) is 11.1. The molecule has 0 bridgehead atoms. The summed E-state index contributed by atoms with van der Waals surface area (Å²) in [6.07, 6.45) is 4.04. The standard InChI is InChI=1S/C24H28Cl2N6O/c1-32(2)22-17-6-3-4-8-19(17)29-23(31-22)28-16-12-10-15(11-13-16)14-27-24(33)30-20-9-5-7-18(25)21(20)26/h3-9,15-16H,10-14H2,1-2H3,(H2,27,30,33)(H,28,29,31). The maximum Gasteiger partial charge on any atom is 0.319 e. The number of amides is 2. The molecule has 2 amide bonds. The third-order valence-corrected chi connectivity index (χ3v) is 6.76. The van der Waals surface area contributed by atoms with E-state index in [1.807, 2.05) is 43.3 Å². The van der Waals surface area contributed by atoms with Crippen LogP contribution in [-0.4, -0.2) is 42.7 Å². The second-order valence-electron chi connectivity index (χ2n) is 8.58. The number of para-hydroxylation sites is 1. The molecule has 0 aliphatic heterocycles. The summed E-state index contributed by atoms with van der Waals surface area (Å²) in [5.74, 6) is 2.00. The topological polar surface area (TPSA) is 82.2 Å². The van der Waals surface area contributed by atoms with E-state index in [4.69, 9.17) is 33.2 Å². The number of benzene rings is 2. The molecule has 1 aliphatic rings. The van der Waals surface area contributed by atoms with Crippen LogP contribution in [-0.2, 0) is 0 Å². The summed E-state index contributed by atoms with van der Waals surface area (Å²) in [4.78, 5) is 23.7. The lowest BCUT2D eigenvalue weighted by atomic mass is 9.86. The number of nitrogens with zero attached hydrogens (tertiary/aromatic N) is 3. The normalized spacial score (nSPS) is 18.1. The molecule has 1 saturated carbocycles. The maximum absolute atomic E-state index is 12.3. The fraction of sp³-hybridized carbons (Fsp3) is 0.375. The van der Waals surface area contributed by atoms with Gasteiger partial charge in [0.1, 0.15) is 5.82 Å². The molecule has 2 aromatic carbocycles. The number of fused-ring (bicyclic) bond motifs is 1. The molecule has 0 radical (unpaired) electrons. The van der Waals surface area contributed by atoms with Gasteiger partial charge in [-0.1, -0.05) is 41.4 Å². The summed E-state index contributed by atoms with van der Waals surface area (Å²) in [5, 5.41) is 11.0. The van der Waals surface area contributed by atoms with Crippen molar-refractivity contribution in [3.05, 3.63) is 52.5 Å². The van der Waals surface area contributed by atoms with Crippen molar-refractivity contribution in [2.45, 2.75) is 31.7 Å². The minimum Gasteiger partial charge on any atom is -0.362 e. The Kier molecular flexibility index (Phi) is 7.40. The van der Waals surface area contributed by atoms with E-state index in [1.54, 1.807) is 18.2 Å². The van der Waals surface area contributed by atoms with Gasteiger partial charge in [0, 0.05) is 32.1 Å². The molecule has 174 valence electrons. The van der Waals surface area contributed by atoms with Gasteiger partial charge in [-0.05, 0) is 55.9 Å². The number of nitrogens with one attached hydrogen (secondary N) is 3. The minimum atomic E-state index is -0.278. The first kappa shape index (κ1) is 23.4. The van der Waals surface area contributed by atoms with Crippen molar-refractivity contribution >= 4 is 57.6 Å². The molecule has 1 aliphatic carbocycles. The molecule has 3 N–H and O–H groups in total. The predicted molar refractivity (Wildman–Crippen MR) is 137 cm³/mol. The highest BCUT2D eigenvalue weighted by Gasteiger charge is 2.23. The Labute approximate surface area is 203 Å². The van der Waals surface area contributed by atoms with Gasteiger partial charge in [-0.15, -0.1) is 0 Å². The van der Waals surface area contributed by atoms with Crippen molar-refractivity contribution in [1.82, 2.24) is 15.3 Å². The zero-order valence-electron chi connectivity index (χ0n) is 18.7. The van der Waals surface area contributed by atoms with Crippen LogP contribution in [0.15, 0.2) is 42.5 Å². The lowest BCUT2D eigenvalue weighted by Crippen LogP contribution is -2.36. The van der Waals surface area contributed by atoms with Crippen LogP contribution < -0.4 is 20.9 Å². The van der Waals surface area contributed by atoms with Crippen LogP contribution in [0.5, 0.6) is 0 Å². The third kappa shape index (κ3) is 5.78. The maximum atomic E-state index is 12.3. The van der Waals surface area contributed by atoms with E-state index in [1.165, 1.54) is 0 Å². The van der Waals surface area contributed by atoms with Crippen molar-refractivity contribution < 1.29 is 4.79 Å². The number of carbonyl (C=O) groups excluding carboxylic acids is 1. The zero-order valence-corrected chi connectivity index (χ0v) is 20.2. The van der Waals surface area contributed by atoms with E-state index >= 15 is 0 Å². The van der Waals surface area contributed by atoms with Crippen molar-refractivity contribution in [2.24, 2.45) is 5.92 Å². The van der Waals surface area contributed by atoms with E-state index in [2.05, 4.69) is 16.0 Å². The van der Waals surface area contributed by atoms with Crippen LogP contribution in [0.3, 0.4) is 0 Å². The Bertz CT molecular complexity index is 1130.